The van der Waals surface area contributed by atoms with Gasteiger partial charge in [-0.15, -0.1) is 0 Å². The predicted molar refractivity (Wildman–Crippen MR) is 144 cm³/mol. The van der Waals surface area contributed by atoms with Crippen molar-refractivity contribution in [1.82, 2.24) is 20.9 Å². The van der Waals surface area contributed by atoms with Gasteiger partial charge in [0, 0.05) is 40.0 Å². The Bertz CT molecular complexity index is 695. The smallest absolute Gasteiger partial charge is 0.106 e. The second-order valence-corrected chi connectivity index (χ2v) is 7.84. The van der Waals surface area contributed by atoms with Crippen LogP contribution in [0, 0.1) is 11.3 Å². The van der Waals surface area contributed by atoms with Crippen LogP contribution >= 0.6 is 0 Å². The van der Waals surface area contributed by atoms with E-state index in [0.717, 1.165) is 56.4 Å². The lowest BCUT2D eigenvalue weighted by atomic mass is 9.89. The summed E-state index contributed by atoms with van der Waals surface area (Å²) in [6, 6.07) is 0.605. The van der Waals surface area contributed by atoms with Crippen LogP contribution in [0.1, 0.15) is 75.6 Å². The predicted octanol–water partition coefficient (Wildman–Crippen LogP) is 5.53. The van der Waals surface area contributed by atoms with Gasteiger partial charge in [0.2, 0.25) is 0 Å². The lowest BCUT2D eigenvalue weighted by molar-refractivity contribution is 0.0758. The van der Waals surface area contributed by atoms with Crippen LogP contribution in [-0.4, -0.2) is 49.6 Å². The first-order valence-electron chi connectivity index (χ1n) is 13.2. The van der Waals surface area contributed by atoms with Gasteiger partial charge in [0.1, 0.15) is 17.8 Å². The van der Waals surface area contributed by atoms with E-state index < -0.39 is 0 Å². The number of allylic oxidation sites excluding steroid dienone is 4. The Labute approximate surface area is 204 Å². The number of hydrogen-bond donors (Lipinski definition) is 4. The molecule has 2 atom stereocenters. The van der Waals surface area contributed by atoms with Crippen LogP contribution in [0.4, 0.5) is 0 Å². The Hall–Kier alpha value is -2.05. The third-order valence-corrected chi connectivity index (χ3v) is 6.00. The fraction of sp³-hybridized carbons (Fsp3) is 0.667. The van der Waals surface area contributed by atoms with E-state index >= 15 is 0 Å². The zero-order valence-corrected chi connectivity index (χ0v) is 22.1. The van der Waals surface area contributed by atoms with Gasteiger partial charge >= 0.3 is 0 Å². The van der Waals surface area contributed by atoms with Gasteiger partial charge < -0.3 is 26.1 Å². The van der Waals surface area contributed by atoms with Crippen molar-refractivity contribution in [2.24, 2.45) is 5.92 Å². The third-order valence-electron chi connectivity index (χ3n) is 6.00. The highest BCUT2D eigenvalue weighted by molar-refractivity contribution is 5.80. The van der Waals surface area contributed by atoms with E-state index in [1.54, 1.807) is 0 Å². The van der Waals surface area contributed by atoms with Crippen molar-refractivity contribution >= 4 is 6.21 Å². The molecular formula is C27H51N5O. The van der Waals surface area contributed by atoms with Crippen molar-refractivity contribution in [1.29, 1.82) is 5.41 Å². The average Bonchev–Trinajstić information content (AvgIpc) is 3.34. The molecule has 4 aliphatic heterocycles. The molecule has 0 aromatic rings. The molecule has 2 saturated heterocycles. The van der Waals surface area contributed by atoms with Gasteiger partial charge in [-0.25, -0.2) is 0 Å². The number of hydrogen-bond acceptors (Lipinski definition) is 6. The normalized spacial score (nSPS) is 24.8. The maximum atomic E-state index is 7.49. The molecule has 4 aliphatic rings. The molecule has 0 aromatic carbocycles. The monoisotopic (exact) mass is 461 g/mol. The molecule has 1 unspecified atom stereocenters. The van der Waals surface area contributed by atoms with E-state index in [1.165, 1.54) is 24.6 Å². The van der Waals surface area contributed by atoms with Crippen LogP contribution in [0.25, 0.3) is 0 Å². The van der Waals surface area contributed by atoms with Crippen molar-refractivity contribution in [2.45, 2.75) is 86.4 Å². The standard InChI is InChI=1S/C21H31N5O.3C2H6.H2/c1-15-3-2-8-26(15)21-13-18(17-5-9-27-10-6-17)12-20(25-21)24-19-11-16(14-22)4-7-23-19;3*1-2;/h4,11-15,17,21-25H,2-3,5-10H2,1H3;3*1-2H3;1H/t15-,21?;;;;/m1..../s1. The number of likely N-dealkylation sites (tertiary alicyclic amines) is 1. The Kier molecular flexibility index (Phi) is 14.5. The summed E-state index contributed by atoms with van der Waals surface area (Å²) in [5.74, 6) is 2.55. The summed E-state index contributed by atoms with van der Waals surface area (Å²) in [7, 11) is 0. The molecule has 2 fully saturated rings. The minimum atomic E-state index is 0. The highest BCUT2D eigenvalue weighted by atomic mass is 16.5. The average molecular weight is 462 g/mol. The number of nitrogens with one attached hydrogen (secondary N) is 4. The Morgan fingerprint density at radius 1 is 1.06 bits per heavy atom. The number of rotatable bonds is 5. The molecule has 0 saturated carbocycles. The fourth-order valence-electron chi connectivity index (χ4n) is 4.43. The minimum Gasteiger partial charge on any atom is -0.381 e. The molecule has 4 rings (SSSR count). The van der Waals surface area contributed by atoms with Crippen molar-refractivity contribution in [3.63, 3.8) is 0 Å². The van der Waals surface area contributed by atoms with Crippen LogP contribution in [0.15, 0.2) is 47.1 Å². The van der Waals surface area contributed by atoms with Crippen molar-refractivity contribution in [3.05, 3.63) is 47.1 Å². The number of nitrogens with zero attached hydrogens (tertiary/aromatic N) is 1. The van der Waals surface area contributed by atoms with Crippen LogP contribution in [-0.2, 0) is 4.74 Å². The van der Waals surface area contributed by atoms with Crippen molar-refractivity contribution in [3.8, 4) is 0 Å². The quantitative estimate of drug-likeness (QED) is 0.405. The van der Waals surface area contributed by atoms with Gasteiger partial charge in [-0.1, -0.05) is 47.6 Å². The Morgan fingerprint density at radius 3 is 2.36 bits per heavy atom. The first kappa shape index (κ1) is 29.0. The fourth-order valence-corrected chi connectivity index (χ4v) is 4.43. The third kappa shape index (κ3) is 8.67. The van der Waals surface area contributed by atoms with Gasteiger partial charge in [-0.2, -0.15) is 0 Å². The van der Waals surface area contributed by atoms with Gasteiger partial charge in [0.15, 0.2) is 0 Å². The van der Waals surface area contributed by atoms with E-state index in [0.29, 0.717) is 12.0 Å². The summed E-state index contributed by atoms with van der Waals surface area (Å²) in [5.41, 5.74) is 2.35. The Balaban J connectivity index is 0.00000145. The largest absolute Gasteiger partial charge is 0.381 e. The minimum absolute atomic E-state index is 0. The summed E-state index contributed by atoms with van der Waals surface area (Å²) in [4.78, 5) is 2.57. The lowest BCUT2D eigenvalue weighted by Crippen LogP contribution is -2.50. The second-order valence-electron chi connectivity index (χ2n) is 7.84. The summed E-state index contributed by atoms with van der Waals surface area (Å²) in [6.07, 6.45) is 15.0. The molecule has 0 bridgehead atoms. The second kappa shape index (κ2) is 16.5. The molecule has 190 valence electrons. The molecular weight excluding hydrogens is 410 g/mol. The number of dihydropyridines is 2. The first-order valence-corrected chi connectivity index (χ1v) is 13.2. The van der Waals surface area contributed by atoms with Gasteiger partial charge in [-0.3, -0.25) is 4.90 Å². The summed E-state index contributed by atoms with van der Waals surface area (Å²) in [5, 5.41) is 18.0. The van der Waals surface area contributed by atoms with Crippen LogP contribution in [0.5, 0.6) is 0 Å². The molecule has 0 aliphatic carbocycles. The lowest BCUT2D eigenvalue weighted by Gasteiger charge is -2.36. The van der Waals surface area contributed by atoms with Gasteiger partial charge in [0.25, 0.3) is 0 Å². The van der Waals surface area contributed by atoms with Crippen LogP contribution in [0.3, 0.4) is 0 Å². The molecule has 0 amide bonds. The molecule has 4 heterocycles. The molecule has 0 radical (unpaired) electrons. The molecule has 33 heavy (non-hydrogen) atoms. The summed E-state index contributed by atoms with van der Waals surface area (Å²) >= 11 is 0. The molecule has 6 heteroatoms. The van der Waals surface area contributed by atoms with Crippen LogP contribution < -0.4 is 16.0 Å². The highest BCUT2D eigenvalue weighted by Gasteiger charge is 2.30. The SMILES string of the molecule is CC.CC.CC.C[C@@H]1CCCN1C1C=C(C2CCOCC2)C=C(NC2=CC(C=N)=CCN2)N1.[HH]. The van der Waals surface area contributed by atoms with Crippen molar-refractivity contribution < 1.29 is 6.16 Å². The van der Waals surface area contributed by atoms with Gasteiger partial charge in [-0.05, 0) is 67.9 Å². The number of ether oxygens (including phenoxy) is 1. The highest BCUT2D eigenvalue weighted by Crippen LogP contribution is 2.29. The maximum absolute atomic E-state index is 7.49. The van der Waals surface area contributed by atoms with Gasteiger partial charge in [0.05, 0.1) is 0 Å². The van der Waals surface area contributed by atoms with E-state index in [4.69, 9.17) is 10.1 Å². The Morgan fingerprint density at radius 2 is 1.76 bits per heavy atom. The van der Waals surface area contributed by atoms with E-state index in [2.05, 4.69) is 39.9 Å². The molecule has 6 nitrogen and oxygen atoms in total. The summed E-state index contributed by atoms with van der Waals surface area (Å²) in [6.45, 7) is 17.9. The molecule has 0 spiro atoms. The molecule has 0 aromatic heterocycles. The van der Waals surface area contributed by atoms with Crippen molar-refractivity contribution in [2.75, 3.05) is 26.3 Å². The molecule has 4 N–H and O–H groups in total. The van der Waals surface area contributed by atoms with E-state index in [-0.39, 0.29) is 7.59 Å². The topological polar surface area (TPSA) is 72.4 Å². The van der Waals surface area contributed by atoms with Crippen LogP contribution in [0.2, 0.25) is 0 Å². The summed E-state index contributed by atoms with van der Waals surface area (Å²) < 4.78 is 5.57. The zero-order valence-electron chi connectivity index (χ0n) is 22.1. The first-order chi connectivity index (χ1) is 16.2. The van der Waals surface area contributed by atoms with E-state index in [9.17, 15) is 0 Å². The maximum Gasteiger partial charge on any atom is 0.106 e. The van der Waals surface area contributed by atoms with E-state index in [1.807, 2.05) is 53.7 Å². The zero-order chi connectivity index (χ0) is 24.6.